The van der Waals surface area contributed by atoms with Crippen molar-refractivity contribution in [1.82, 2.24) is 5.32 Å². The van der Waals surface area contributed by atoms with Gasteiger partial charge >= 0.3 is 0 Å². The highest BCUT2D eigenvalue weighted by atomic mass is 16.5. The molecule has 0 saturated heterocycles. The van der Waals surface area contributed by atoms with E-state index in [9.17, 15) is 0 Å². The maximum absolute atomic E-state index is 5.65. The minimum absolute atomic E-state index is 0.435. The summed E-state index contributed by atoms with van der Waals surface area (Å²) in [4.78, 5) is 0. The molecule has 0 bridgehead atoms. The predicted octanol–water partition coefficient (Wildman–Crippen LogP) is 4.56. The van der Waals surface area contributed by atoms with Gasteiger partial charge in [0.2, 0.25) is 0 Å². The summed E-state index contributed by atoms with van der Waals surface area (Å²) >= 11 is 0. The highest BCUT2D eigenvalue weighted by Gasteiger charge is 2.41. The fourth-order valence-electron chi connectivity index (χ4n) is 3.27. The first kappa shape index (κ1) is 14.9. The van der Waals surface area contributed by atoms with Crippen LogP contribution in [0, 0.1) is 17.8 Å². The van der Waals surface area contributed by atoms with Crippen molar-refractivity contribution >= 4 is 0 Å². The summed E-state index contributed by atoms with van der Waals surface area (Å²) in [6.07, 6.45) is 6.95. The number of rotatable bonds is 9. The van der Waals surface area contributed by atoms with Crippen LogP contribution in [-0.4, -0.2) is 13.2 Å². The number of nitrogens with one attached hydrogen (secondary N) is 1. The Bertz CT molecular complexity index is 421. The van der Waals surface area contributed by atoms with Crippen molar-refractivity contribution in [2.24, 2.45) is 17.8 Å². The number of ether oxygens (including phenoxy) is 1. The molecule has 0 aromatic heterocycles. The van der Waals surface area contributed by atoms with E-state index in [1.165, 1.54) is 37.8 Å². The van der Waals surface area contributed by atoms with Crippen LogP contribution in [0.1, 0.15) is 57.6 Å². The largest absolute Gasteiger partial charge is 0.494 e. The summed E-state index contributed by atoms with van der Waals surface area (Å²) in [7, 11) is 0. The van der Waals surface area contributed by atoms with Gasteiger partial charge in [0, 0.05) is 6.04 Å². The monoisotopic (exact) mass is 287 g/mol. The van der Waals surface area contributed by atoms with Crippen LogP contribution in [0.3, 0.4) is 0 Å². The van der Waals surface area contributed by atoms with Crippen molar-refractivity contribution in [1.29, 1.82) is 0 Å². The zero-order valence-corrected chi connectivity index (χ0v) is 13.5. The van der Waals surface area contributed by atoms with Gasteiger partial charge in [0.15, 0.2) is 0 Å². The SMILES string of the molecule is CCCOc1ccc(C(C)NCC(C2CC2)C2CC2)cc1. The Labute approximate surface area is 129 Å². The fourth-order valence-corrected chi connectivity index (χ4v) is 3.27. The van der Waals surface area contributed by atoms with E-state index in [0.29, 0.717) is 6.04 Å². The number of hydrogen-bond donors (Lipinski definition) is 1. The molecule has 116 valence electrons. The summed E-state index contributed by atoms with van der Waals surface area (Å²) in [5.74, 6) is 3.99. The third-order valence-corrected chi connectivity index (χ3v) is 4.97. The average molecular weight is 287 g/mol. The summed E-state index contributed by atoms with van der Waals surface area (Å²) in [5, 5.41) is 3.76. The van der Waals surface area contributed by atoms with Gasteiger partial charge in [-0.15, -0.1) is 0 Å². The normalized spacial score (nSPS) is 19.8. The summed E-state index contributed by atoms with van der Waals surface area (Å²) < 4.78 is 5.65. The van der Waals surface area contributed by atoms with Crippen molar-refractivity contribution in [2.45, 2.75) is 52.0 Å². The molecular weight excluding hydrogens is 258 g/mol. The Morgan fingerprint density at radius 3 is 2.24 bits per heavy atom. The molecule has 1 unspecified atom stereocenters. The van der Waals surface area contributed by atoms with Crippen molar-refractivity contribution in [3.05, 3.63) is 29.8 Å². The maximum atomic E-state index is 5.65. The highest BCUT2D eigenvalue weighted by Crippen LogP contribution is 2.48. The van der Waals surface area contributed by atoms with Gasteiger partial charge in [0.05, 0.1) is 6.61 Å². The minimum Gasteiger partial charge on any atom is -0.494 e. The van der Waals surface area contributed by atoms with E-state index in [1.54, 1.807) is 0 Å². The molecule has 2 heteroatoms. The van der Waals surface area contributed by atoms with Crippen LogP contribution < -0.4 is 10.1 Å². The summed E-state index contributed by atoms with van der Waals surface area (Å²) in [5.41, 5.74) is 1.36. The third kappa shape index (κ3) is 4.23. The van der Waals surface area contributed by atoms with E-state index < -0.39 is 0 Å². The Balaban J connectivity index is 1.48. The summed E-state index contributed by atoms with van der Waals surface area (Å²) in [6, 6.07) is 9.04. The molecule has 0 heterocycles. The topological polar surface area (TPSA) is 21.3 Å². The predicted molar refractivity (Wildman–Crippen MR) is 87.6 cm³/mol. The quantitative estimate of drug-likeness (QED) is 0.719. The second-order valence-corrected chi connectivity index (χ2v) is 6.89. The van der Waals surface area contributed by atoms with Gasteiger partial charge < -0.3 is 10.1 Å². The lowest BCUT2D eigenvalue weighted by molar-refractivity contribution is 0.317. The van der Waals surface area contributed by atoms with Crippen LogP contribution in [0.25, 0.3) is 0 Å². The number of benzene rings is 1. The zero-order valence-electron chi connectivity index (χ0n) is 13.5. The maximum Gasteiger partial charge on any atom is 0.119 e. The van der Waals surface area contributed by atoms with E-state index >= 15 is 0 Å². The van der Waals surface area contributed by atoms with Crippen LogP contribution in [0.5, 0.6) is 5.75 Å². The van der Waals surface area contributed by atoms with Crippen molar-refractivity contribution in [2.75, 3.05) is 13.2 Å². The third-order valence-electron chi connectivity index (χ3n) is 4.97. The molecule has 2 aliphatic carbocycles. The van der Waals surface area contributed by atoms with Gasteiger partial charge in [-0.2, -0.15) is 0 Å². The Kier molecular flexibility index (Phi) is 4.84. The van der Waals surface area contributed by atoms with E-state index in [1.807, 2.05) is 0 Å². The van der Waals surface area contributed by atoms with Gasteiger partial charge in [0.25, 0.3) is 0 Å². The Morgan fingerprint density at radius 1 is 1.10 bits per heavy atom. The van der Waals surface area contributed by atoms with Crippen LogP contribution >= 0.6 is 0 Å². The molecular formula is C19H29NO. The van der Waals surface area contributed by atoms with Gasteiger partial charge in [0.1, 0.15) is 5.75 Å². The van der Waals surface area contributed by atoms with E-state index in [-0.39, 0.29) is 0 Å². The first-order chi connectivity index (χ1) is 10.3. The number of hydrogen-bond acceptors (Lipinski definition) is 2. The molecule has 1 N–H and O–H groups in total. The first-order valence-corrected chi connectivity index (χ1v) is 8.74. The standard InChI is InChI=1S/C19H29NO/c1-3-12-21-18-10-8-15(9-11-18)14(2)20-13-19(16-4-5-16)17-6-7-17/h8-11,14,16-17,19-20H,3-7,12-13H2,1-2H3. The molecule has 21 heavy (non-hydrogen) atoms. The Hall–Kier alpha value is -1.02. The van der Waals surface area contributed by atoms with Gasteiger partial charge in [-0.3, -0.25) is 0 Å². The molecule has 1 aromatic carbocycles. The molecule has 2 saturated carbocycles. The molecule has 0 aliphatic heterocycles. The lowest BCUT2D eigenvalue weighted by Crippen LogP contribution is -2.28. The molecule has 1 aromatic rings. The molecule has 2 aliphatic rings. The van der Waals surface area contributed by atoms with Crippen LogP contribution in [0.4, 0.5) is 0 Å². The molecule has 0 amide bonds. The second-order valence-electron chi connectivity index (χ2n) is 6.89. The van der Waals surface area contributed by atoms with Crippen molar-refractivity contribution < 1.29 is 4.74 Å². The molecule has 2 nitrogen and oxygen atoms in total. The van der Waals surface area contributed by atoms with Crippen LogP contribution in [-0.2, 0) is 0 Å². The molecule has 2 fully saturated rings. The van der Waals surface area contributed by atoms with E-state index in [0.717, 1.165) is 36.5 Å². The lowest BCUT2D eigenvalue weighted by Gasteiger charge is -2.21. The highest BCUT2D eigenvalue weighted by molar-refractivity contribution is 5.28. The van der Waals surface area contributed by atoms with Gasteiger partial charge in [-0.25, -0.2) is 0 Å². The smallest absolute Gasteiger partial charge is 0.119 e. The van der Waals surface area contributed by atoms with Crippen molar-refractivity contribution in [3.8, 4) is 5.75 Å². The Morgan fingerprint density at radius 2 is 1.71 bits per heavy atom. The van der Waals surface area contributed by atoms with Gasteiger partial charge in [-0.1, -0.05) is 19.1 Å². The molecule has 0 radical (unpaired) electrons. The molecule has 0 spiro atoms. The van der Waals surface area contributed by atoms with Gasteiger partial charge in [-0.05, 0) is 81.0 Å². The first-order valence-electron chi connectivity index (χ1n) is 8.74. The fraction of sp³-hybridized carbons (Fsp3) is 0.684. The van der Waals surface area contributed by atoms with Crippen molar-refractivity contribution in [3.63, 3.8) is 0 Å². The zero-order chi connectivity index (χ0) is 14.7. The average Bonchev–Trinajstić information content (AvgIpc) is 3.38. The van der Waals surface area contributed by atoms with E-state index in [2.05, 4.69) is 43.4 Å². The van der Waals surface area contributed by atoms with E-state index in [4.69, 9.17) is 4.74 Å². The van der Waals surface area contributed by atoms with Crippen LogP contribution in [0.2, 0.25) is 0 Å². The lowest BCUT2D eigenvalue weighted by atomic mass is 9.97. The van der Waals surface area contributed by atoms with Crippen LogP contribution in [0.15, 0.2) is 24.3 Å². The molecule has 3 rings (SSSR count). The second kappa shape index (κ2) is 6.83. The molecule has 1 atom stereocenters. The minimum atomic E-state index is 0.435. The summed E-state index contributed by atoms with van der Waals surface area (Å²) in [6.45, 7) is 6.41.